The Labute approximate surface area is 166 Å². The molecule has 0 aliphatic heterocycles. The monoisotopic (exact) mass is 417 g/mol. The number of fused-ring (bicyclic) bond motifs is 1. The number of H-pyrrole nitrogens is 1. The van der Waals surface area contributed by atoms with Crippen LogP contribution in [0.3, 0.4) is 0 Å². The lowest BCUT2D eigenvalue weighted by Crippen LogP contribution is -2.05. The number of aryl methyl sites for hydroxylation is 1. The van der Waals surface area contributed by atoms with Crippen LogP contribution in [-0.4, -0.2) is 22.1 Å². The lowest BCUT2D eigenvalue weighted by molar-refractivity contribution is 0.361. The minimum absolute atomic E-state index is 0.00827. The maximum absolute atomic E-state index is 14.4. The molecular formula is C19H14F3N5O3. The van der Waals surface area contributed by atoms with E-state index in [-0.39, 0.29) is 22.7 Å². The van der Waals surface area contributed by atoms with Crippen LogP contribution in [0.5, 0.6) is 5.75 Å². The van der Waals surface area contributed by atoms with Crippen molar-refractivity contribution < 1.29 is 22.3 Å². The normalized spacial score (nSPS) is 11.0. The van der Waals surface area contributed by atoms with Gasteiger partial charge in [-0.1, -0.05) is 0 Å². The third-order valence-electron chi connectivity index (χ3n) is 4.21. The Kier molecular flexibility index (Phi) is 4.78. The van der Waals surface area contributed by atoms with Gasteiger partial charge in [-0.25, -0.2) is 22.9 Å². The number of oxazole rings is 1. The summed E-state index contributed by atoms with van der Waals surface area (Å²) in [7, 11) is 1.15. The molecule has 4 rings (SSSR count). The molecule has 0 spiro atoms. The summed E-state index contributed by atoms with van der Waals surface area (Å²) in [5.41, 5.74) is 0.797. The van der Waals surface area contributed by atoms with Crippen LogP contribution in [0, 0.1) is 24.4 Å². The first-order valence-electron chi connectivity index (χ1n) is 8.57. The predicted octanol–water partition coefficient (Wildman–Crippen LogP) is 4.13. The van der Waals surface area contributed by atoms with Crippen molar-refractivity contribution in [2.45, 2.75) is 6.92 Å². The number of anilines is 4. The first kappa shape index (κ1) is 19.3. The second-order valence-corrected chi connectivity index (χ2v) is 6.27. The number of ether oxygens (including phenoxy) is 1. The minimum atomic E-state index is -0.937. The van der Waals surface area contributed by atoms with Crippen LogP contribution in [-0.2, 0) is 0 Å². The smallest absolute Gasteiger partial charge is 0.417 e. The standard InChI is InChI=1S/C19H14F3N5O3/c1-8-7-23-18(25-12-4-3-10(20)16(29-2)14(12)22)27-17(8)24-9-5-11(21)15-13(6-9)26-19(28)30-15/h3-7H,1-2H3,(H,26,28)(H2,23,24,25,27). The second kappa shape index (κ2) is 7.43. The molecule has 11 heteroatoms. The SMILES string of the molecule is COc1c(F)ccc(Nc2ncc(C)c(Nc3cc(F)c4oc(=O)[nH]c4c3)n2)c1F. The molecule has 3 N–H and O–H groups in total. The quantitative estimate of drug-likeness (QED) is 0.448. The number of halogens is 3. The van der Waals surface area contributed by atoms with Gasteiger partial charge < -0.3 is 19.8 Å². The van der Waals surface area contributed by atoms with E-state index < -0.39 is 29.0 Å². The maximum Gasteiger partial charge on any atom is 0.417 e. The Bertz CT molecular complexity index is 1320. The molecule has 0 fully saturated rings. The van der Waals surface area contributed by atoms with Gasteiger partial charge in [-0.15, -0.1) is 0 Å². The molecule has 0 saturated heterocycles. The van der Waals surface area contributed by atoms with Gasteiger partial charge in [0, 0.05) is 23.5 Å². The van der Waals surface area contributed by atoms with Crippen LogP contribution in [0.4, 0.5) is 36.3 Å². The maximum atomic E-state index is 14.4. The number of aromatic amines is 1. The summed E-state index contributed by atoms with van der Waals surface area (Å²) in [5, 5.41) is 5.57. The third kappa shape index (κ3) is 3.52. The van der Waals surface area contributed by atoms with Gasteiger partial charge in [0.1, 0.15) is 5.82 Å². The summed E-state index contributed by atoms with van der Waals surface area (Å²) >= 11 is 0. The molecule has 0 amide bonds. The van der Waals surface area contributed by atoms with Crippen LogP contribution < -0.4 is 21.1 Å². The molecule has 0 atom stereocenters. The summed E-state index contributed by atoms with van der Waals surface area (Å²) in [6, 6.07) is 4.84. The summed E-state index contributed by atoms with van der Waals surface area (Å²) in [6.45, 7) is 1.71. The van der Waals surface area contributed by atoms with Crippen molar-refractivity contribution in [1.82, 2.24) is 15.0 Å². The number of nitrogens with one attached hydrogen (secondary N) is 3. The van der Waals surface area contributed by atoms with Crippen molar-refractivity contribution in [1.29, 1.82) is 0 Å². The van der Waals surface area contributed by atoms with Gasteiger partial charge in [-0.05, 0) is 25.1 Å². The Morgan fingerprint density at radius 3 is 2.70 bits per heavy atom. The van der Waals surface area contributed by atoms with E-state index in [0.717, 1.165) is 19.2 Å². The Morgan fingerprint density at radius 2 is 1.93 bits per heavy atom. The average Bonchev–Trinajstić information content (AvgIpc) is 3.08. The minimum Gasteiger partial charge on any atom is -0.491 e. The number of benzene rings is 2. The van der Waals surface area contributed by atoms with E-state index in [9.17, 15) is 18.0 Å². The van der Waals surface area contributed by atoms with E-state index in [1.807, 2.05) is 0 Å². The van der Waals surface area contributed by atoms with Crippen LogP contribution in [0.15, 0.2) is 39.7 Å². The molecule has 0 aliphatic rings. The van der Waals surface area contributed by atoms with Gasteiger partial charge >= 0.3 is 5.76 Å². The highest BCUT2D eigenvalue weighted by Crippen LogP contribution is 2.30. The van der Waals surface area contributed by atoms with Gasteiger partial charge in [0.15, 0.2) is 28.8 Å². The molecule has 0 saturated carbocycles. The van der Waals surface area contributed by atoms with Crippen LogP contribution >= 0.6 is 0 Å². The van der Waals surface area contributed by atoms with E-state index in [2.05, 4.69) is 25.6 Å². The highest BCUT2D eigenvalue weighted by Gasteiger charge is 2.16. The van der Waals surface area contributed by atoms with E-state index in [4.69, 9.17) is 9.15 Å². The molecule has 154 valence electrons. The van der Waals surface area contributed by atoms with Crippen molar-refractivity contribution in [3.8, 4) is 5.75 Å². The first-order valence-corrected chi connectivity index (χ1v) is 8.57. The van der Waals surface area contributed by atoms with E-state index >= 15 is 0 Å². The Hall–Kier alpha value is -4.02. The summed E-state index contributed by atoms with van der Waals surface area (Å²) in [4.78, 5) is 22.0. The molecule has 0 unspecified atom stereocenters. The second-order valence-electron chi connectivity index (χ2n) is 6.27. The number of methoxy groups -OCH3 is 1. The van der Waals surface area contributed by atoms with E-state index in [1.54, 1.807) is 6.92 Å². The summed E-state index contributed by atoms with van der Waals surface area (Å²) in [5.74, 6) is -3.53. The molecule has 0 bridgehead atoms. The van der Waals surface area contributed by atoms with Crippen molar-refractivity contribution in [3.63, 3.8) is 0 Å². The molecule has 4 aromatic rings. The zero-order chi connectivity index (χ0) is 21.4. The molecule has 8 nitrogen and oxygen atoms in total. The molecule has 2 heterocycles. The lowest BCUT2D eigenvalue weighted by Gasteiger charge is -2.12. The van der Waals surface area contributed by atoms with Gasteiger partial charge in [-0.3, -0.25) is 4.98 Å². The highest BCUT2D eigenvalue weighted by molar-refractivity contribution is 5.79. The third-order valence-corrected chi connectivity index (χ3v) is 4.21. The molecule has 0 radical (unpaired) electrons. The zero-order valence-electron chi connectivity index (χ0n) is 15.6. The number of rotatable bonds is 5. The number of hydrogen-bond donors (Lipinski definition) is 3. The van der Waals surface area contributed by atoms with Gasteiger partial charge in [0.2, 0.25) is 5.95 Å². The lowest BCUT2D eigenvalue weighted by atomic mass is 10.2. The van der Waals surface area contributed by atoms with E-state index in [1.165, 1.54) is 18.3 Å². The molecular weight excluding hydrogens is 403 g/mol. The van der Waals surface area contributed by atoms with Crippen LogP contribution in [0.2, 0.25) is 0 Å². The molecule has 0 aliphatic carbocycles. The number of hydrogen-bond acceptors (Lipinski definition) is 7. The number of aromatic nitrogens is 3. The van der Waals surface area contributed by atoms with Crippen molar-refractivity contribution in [3.05, 3.63) is 64.0 Å². The highest BCUT2D eigenvalue weighted by atomic mass is 19.1. The van der Waals surface area contributed by atoms with Crippen LogP contribution in [0.1, 0.15) is 5.56 Å². The predicted molar refractivity (Wildman–Crippen MR) is 103 cm³/mol. The van der Waals surface area contributed by atoms with Gasteiger partial charge in [0.25, 0.3) is 0 Å². The van der Waals surface area contributed by atoms with Gasteiger partial charge in [0.05, 0.1) is 18.3 Å². The fourth-order valence-corrected chi connectivity index (χ4v) is 2.79. The van der Waals surface area contributed by atoms with Crippen LogP contribution in [0.25, 0.3) is 11.1 Å². The number of nitrogens with zero attached hydrogens (tertiary/aromatic N) is 2. The molecule has 2 aromatic carbocycles. The van der Waals surface area contributed by atoms with E-state index in [0.29, 0.717) is 17.1 Å². The fraction of sp³-hybridized carbons (Fsp3) is 0.105. The Balaban J connectivity index is 1.65. The fourth-order valence-electron chi connectivity index (χ4n) is 2.79. The topological polar surface area (TPSA) is 105 Å². The zero-order valence-corrected chi connectivity index (χ0v) is 15.6. The summed E-state index contributed by atoms with van der Waals surface area (Å²) < 4.78 is 51.5. The average molecular weight is 417 g/mol. The van der Waals surface area contributed by atoms with Crippen molar-refractivity contribution in [2.75, 3.05) is 17.7 Å². The summed E-state index contributed by atoms with van der Waals surface area (Å²) in [6.07, 6.45) is 1.46. The van der Waals surface area contributed by atoms with Crippen molar-refractivity contribution >= 4 is 34.2 Å². The molecule has 2 aromatic heterocycles. The van der Waals surface area contributed by atoms with Crippen molar-refractivity contribution in [2.24, 2.45) is 0 Å². The molecule has 30 heavy (non-hydrogen) atoms. The first-order chi connectivity index (χ1) is 14.4. The van der Waals surface area contributed by atoms with Gasteiger partial charge in [-0.2, -0.15) is 4.98 Å². The Morgan fingerprint density at radius 1 is 1.13 bits per heavy atom. The largest absolute Gasteiger partial charge is 0.491 e.